The number of alkyl halides is 3. The van der Waals surface area contributed by atoms with Crippen LogP contribution >= 0.6 is 11.3 Å². The second kappa shape index (κ2) is 15.5. The molecule has 1 unspecified atom stereocenters. The molecule has 2 saturated heterocycles. The highest BCUT2D eigenvalue weighted by Gasteiger charge is 2.36. The first-order valence-electron chi connectivity index (χ1n) is 20.0. The number of amides is 3. The monoisotopic (exact) mass is 835 g/mol. The van der Waals surface area contributed by atoms with Gasteiger partial charge >= 0.3 is 11.9 Å². The SMILES string of the molecule is CN(CC1CCC(n2cc3cc(NC(=O)c4csc(C(F)(F)F)n4)c(C(C)(C)O)cc3n2)CC1)C1CCN(c2cccc3c2n(C)c(=O)n3C2CCC(=O)NC2=O)CC1. The normalized spacial score (nSPS) is 21.2. The van der Waals surface area contributed by atoms with E-state index < -0.39 is 34.6 Å². The number of imide groups is 1. The van der Waals surface area contributed by atoms with Gasteiger partial charge in [-0.1, -0.05) is 6.07 Å². The predicted octanol–water partition coefficient (Wildman–Crippen LogP) is 5.95. The van der Waals surface area contributed by atoms with E-state index in [-0.39, 0.29) is 35.4 Å². The predicted molar refractivity (Wildman–Crippen MR) is 218 cm³/mol. The molecule has 8 rings (SSSR count). The fraction of sp³-hybridized carbons (Fsp3) is 0.512. The van der Waals surface area contributed by atoms with Crippen molar-refractivity contribution in [1.82, 2.24) is 34.1 Å². The Morgan fingerprint density at radius 2 is 1.78 bits per heavy atom. The minimum absolute atomic E-state index is 0.176. The highest BCUT2D eigenvalue weighted by Crippen LogP contribution is 2.38. The molecular formula is C41H48F3N9O5S. The zero-order valence-corrected chi connectivity index (χ0v) is 34.2. The van der Waals surface area contributed by atoms with Crippen LogP contribution < -0.4 is 21.2 Å². The van der Waals surface area contributed by atoms with Crippen molar-refractivity contribution in [2.45, 2.75) is 95.1 Å². The van der Waals surface area contributed by atoms with Crippen LogP contribution in [0.3, 0.4) is 0 Å². The van der Waals surface area contributed by atoms with E-state index in [9.17, 15) is 37.5 Å². The maximum atomic E-state index is 13.5. The molecule has 3 aromatic heterocycles. The van der Waals surface area contributed by atoms with Crippen LogP contribution in [0.1, 0.15) is 98.4 Å². The number of para-hydroxylation sites is 1. The van der Waals surface area contributed by atoms with Crippen molar-refractivity contribution < 1.29 is 32.7 Å². The number of benzene rings is 2. The Morgan fingerprint density at radius 1 is 1.05 bits per heavy atom. The molecule has 3 N–H and O–H groups in total. The molecule has 0 bridgehead atoms. The zero-order chi connectivity index (χ0) is 42.0. The van der Waals surface area contributed by atoms with Crippen molar-refractivity contribution in [3.05, 3.63) is 68.7 Å². The number of carbonyl (C=O) groups is 3. The van der Waals surface area contributed by atoms with Crippen molar-refractivity contribution in [3.8, 4) is 0 Å². The minimum atomic E-state index is -4.65. The van der Waals surface area contributed by atoms with Gasteiger partial charge in [0.2, 0.25) is 11.8 Å². The first kappa shape index (κ1) is 40.7. The van der Waals surface area contributed by atoms with Gasteiger partial charge in [-0.05, 0) is 96.0 Å². The number of aliphatic hydroxyl groups is 1. The van der Waals surface area contributed by atoms with Gasteiger partial charge in [0.15, 0.2) is 5.01 Å². The maximum absolute atomic E-state index is 13.5. The number of aromatic nitrogens is 5. The van der Waals surface area contributed by atoms with E-state index in [1.807, 2.05) is 29.1 Å². The van der Waals surface area contributed by atoms with Crippen LogP contribution in [0.2, 0.25) is 0 Å². The first-order valence-corrected chi connectivity index (χ1v) is 20.9. The molecular weight excluding hydrogens is 788 g/mol. The number of piperidine rings is 2. The number of aryl methyl sites for hydroxylation is 1. The van der Waals surface area contributed by atoms with Gasteiger partial charge in [0.25, 0.3) is 5.91 Å². The highest BCUT2D eigenvalue weighted by atomic mass is 32.1. The van der Waals surface area contributed by atoms with Crippen LogP contribution in [0, 0.1) is 5.92 Å². The molecule has 1 aliphatic carbocycles. The van der Waals surface area contributed by atoms with Crippen molar-refractivity contribution in [1.29, 1.82) is 0 Å². The Hall–Kier alpha value is -5.07. The van der Waals surface area contributed by atoms with E-state index in [0.29, 0.717) is 46.3 Å². The third kappa shape index (κ3) is 8.01. The second-order valence-electron chi connectivity index (χ2n) is 16.8. The Labute approximate surface area is 342 Å². The van der Waals surface area contributed by atoms with Crippen LogP contribution in [0.5, 0.6) is 0 Å². The third-order valence-electron chi connectivity index (χ3n) is 12.3. The summed E-state index contributed by atoms with van der Waals surface area (Å²) >= 11 is 0.353. The van der Waals surface area contributed by atoms with Gasteiger partial charge in [-0.25, -0.2) is 9.78 Å². The van der Waals surface area contributed by atoms with Crippen molar-refractivity contribution in [2.75, 3.05) is 36.9 Å². The molecule has 3 amide bonds. The number of nitrogens with one attached hydrogen (secondary N) is 2. The number of hydrogen-bond acceptors (Lipinski definition) is 10. The smallest absolute Gasteiger partial charge is 0.386 e. The molecule has 3 aliphatic rings. The number of thiazole rings is 1. The van der Waals surface area contributed by atoms with E-state index in [0.717, 1.165) is 80.1 Å². The Balaban J connectivity index is 0.881. The molecule has 18 heteroatoms. The van der Waals surface area contributed by atoms with Gasteiger partial charge in [0, 0.05) is 67.4 Å². The molecule has 314 valence electrons. The first-order chi connectivity index (χ1) is 28.0. The molecule has 0 spiro atoms. The number of rotatable bonds is 9. The van der Waals surface area contributed by atoms with Gasteiger partial charge in [-0.15, -0.1) is 11.3 Å². The lowest BCUT2D eigenvalue weighted by Gasteiger charge is -2.40. The van der Waals surface area contributed by atoms with Crippen LogP contribution in [0.4, 0.5) is 24.5 Å². The largest absolute Gasteiger partial charge is 0.443 e. The van der Waals surface area contributed by atoms with Crippen LogP contribution in [0.15, 0.2) is 46.7 Å². The molecule has 1 saturated carbocycles. The number of fused-ring (bicyclic) bond motifs is 2. The molecule has 59 heavy (non-hydrogen) atoms. The minimum Gasteiger partial charge on any atom is -0.386 e. The standard InChI is InChI=1S/C41H48F3N9O5S/c1-40(2,58)27-19-28-24(18-29(27)45-36(55)30-22-59-38(46-30)41(42,43)44)21-52(48-28)26-10-8-23(9-11-26)20-49(3)25-14-16-51(17-15-25)31-6-5-7-32-35(31)50(4)39(57)53(32)33-12-13-34(54)47-37(33)56/h5-7,18-19,21-23,25-26,33,58H,8-17,20H2,1-4H3,(H,45,55)(H,47,54,56). The summed E-state index contributed by atoms with van der Waals surface area (Å²) in [5, 5.41) is 21.6. The molecule has 5 aromatic rings. The van der Waals surface area contributed by atoms with Gasteiger partial charge in [-0.2, -0.15) is 18.3 Å². The summed E-state index contributed by atoms with van der Waals surface area (Å²) in [4.78, 5) is 59.2. The summed E-state index contributed by atoms with van der Waals surface area (Å²) < 4.78 is 44.5. The summed E-state index contributed by atoms with van der Waals surface area (Å²) in [6.45, 7) is 5.79. The summed E-state index contributed by atoms with van der Waals surface area (Å²) in [6.07, 6.45) is 3.66. The highest BCUT2D eigenvalue weighted by molar-refractivity contribution is 7.10. The van der Waals surface area contributed by atoms with Crippen LogP contribution in [0.25, 0.3) is 21.9 Å². The molecule has 5 heterocycles. The van der Waals surface area contributed by atoms with Crippen LogP contribution in [-0.2, 0) is 28.4 Å². The fourth-order valence-corrected chi connectivity index (χ4v) is 9.85. The Kier molecular flexibility index (Phi) is 10.7. The number of carbonyl (C=O) groups excluding carboxylic acids is 3. The Morgan fingerprint density at radius 3 is 2.44 bits per heavy atom. The zero-order valence-electron chi connectivity index (χ0n) is 33.4. The fourth-order valence-electron chi connectivity index (χ4n) is 9.18. The summed E-state index contributed by atoms with van der Waals surface area (Å²) in [6, 6.07) is 9.11. The lowest BCUT2D eigenvalue weighted by Crippen LogP contribution is -2.45. The number of anilines is 2. The average molecular weight is 836 g/mol. The van der Waals surface area contributed by atoms with Gasteiger partial charge in [0.05, 0.1) is 33.9 Å². The van der Waals surface area contributed by atoms with Gasteiger partial charge < -0.3 is 20.2 Å². The van der Waals surface area contributed by atoms with Crippen molar-refractivity contribution in [2.24, 2.45) is 13.0 Å². The van der Waals surface area contributed by atoms with Crippen molar-refractivity contribution >= 4 is 62.4 Å². The van der Waals surface area contributed by atoms with E-state index in [2.05, 4.69) is 32.5 Å². The van der Waals surface area contributed by atoms with E-state index >= 15 is 0 Å². The summed E-state index contributed by atoms with van der Waals surface area (Å²) in [5.74, 6) is -1.03. The average Bonchev–Trinajstić information content (AvgIpc) is 3.92. The lowest BCUT2D eigenvalue weighted by molar-refractivity contribution is -0.138. The Bertz CT molecular complexity index is 2480. The molecule has 2 aliphatic heterocycles. The summed E-state index contributed by atoms with van der Waals surface area (Å²) in [7, 11) is 3.94. The van der Waals surface area contributed by atoms with E-state index in [1.54, 1.807) is 37.6 Å². The van der Waals surface area contributed by atoms with Gasteiger partial charge in [0.1, 0.15) is 11.7 Å². The van der Waals surface area contributed by atoms with E-state index in [4.69, 9.17) is 5.10 Å². The number of hydrogen-bond donors (Lipinski definition) is 3. The number of imidazole rings is 1. The van der Waals surface area contributed by atoms with Crippen molar-refractivity contribution in [3.63, 3.8) is 0 Å². The number of nitrogens with zero attached hydrogens (tertiary/aromatic N) is 7. The molecule has 0 radical (unpaired) electrons. The van der Waals surface area contributed by atoms with E-state index in [1.165, 1.54) is 4.57 Å². The molecule has 1 atom stereocenters. The quantitative estimate of drug-likeness (QED) is 0.153. The van der Waals surface area contributed by atoms with Gasteiger partial charge in [-0.3, -0.25) is 33.5 Å². The molecule has 2 aromatic carbocycles. The summed E-state index contributed by atoms with van der Waals surface area (Å²) in [5.41, 5.74) is 1.76. The molecule has 3 fully saturated rings. The van der Waals surface area contributed by atoms with Crippen LogP contribution in [-0.4, -0.2) is 84.4 Å². The third-order valence-corrected chi connectivity index (χ3v) is 13.2. The topological polar surface area (TPSA) is 160 Å². The lowest BCUT2D eigenvalue weighted by atomic mass is 9.85. The molecule has 14 nitrogen and oxygen atoms in total. The second-order valence-corrected chi connectivity index (χ2v) is 17.6. The number of halogens is 3. The maximum Gasteiger partial charge on any atom is 0.443 e.